The van der Waals surface area contributed by atoms with E-state index in [-0.39, 0.29) is 6.10 Å². The van der Waals surface area contributed by atoms with E-state index in [2.05, 4.69) is 46.4 Å². The van der Waals surface area contributed by atoms with Gasteiger partial charge in [0.1, 0.15) is 0 Å². The molecule has 0 radical (unpaired) electrons. The molecule has 1 N–H and O–H groups in total. The van der Waals surface area contributed by atoms with Gasteiger partial charge in [0.25, 0.3) is 0 Å². The molecule has 19 heavy (non-hydrogen) atoms. The van der Waals surface area contributed by atoms with Crippen LogP contribution in [0.25, 0.3) is 0 Å². The number of likely N-dealkylation sites (N-methyl/N-ethyl adjacent to an activating group) is 1. The lowest BCUT2D eigenvalue weighted by molar-refractivity contribution is 0.0172. The lowest BCUT2D eigenvalue weighted by atomic mass is 9.91. The molecule has 2 aromatic rings. The zero-order chi connectivity index (χ0) is 13.1. The van der Waals surface area contributed by atoms with E-state index in [9.17, 15) is 0 Å². The summed E-state index contributed by atoms with van der Waals surface area (Å²) in [4.78, 5) is 0. The van der Waals surface area contributed by atoms with Gasteiger partial charge in [0.05, 0.1) is 12.7 Å². The van der Waals surface area contributed by atoms with Crippen LogP contribution in [0.15, 0.2) is 41.1 Å². The number of nitrogens with one attached hydrogen (secondary N) is 1. The van der Waals surface area contributed by atoms with Crippen LogP contribution in [0.2, 0.25) is 0 Å². The SMILES string of the molecule is CNC(Cc1ccsc1)C1OCCc2ccccc21. The second-order valence-electron chi connectivity index (χ2n) is 4.97. The number of ether oxygens (including phenoxy) is 1. The summed E-state index contributed by atoms with van der Waals surface area (Å²) in [6.45, 7) is 0.823. The predicted molar refractivity (Wildman–Crippen MR) is 79.7 cm³/mol. The highest BCUT2D eigenvalue weighted by molar-refractivity contribution is 7.07. The lowest BCUT2D eigenvalue weighted by Gasteiger charge is -2.32. The number of hydrogen-bond donors (Lipinski definition) is 1. The van der Waals surface area contributed by atoms with E-state index < -0.39 is 0 Å². The van der Waals surface area contributed by atoms with Crippen LogP contribution in [0, 0.1) is 0 Å². The van der Waals surface area contributed by atoms with E-state index in [1.807, 2.05) is 7.05 Å². The van der Waals surface area contributed by atoms with E-state index in [1.54, 1.807) is 11.3 Å². The zero-order valence-electron chi connectivity index (χ0n) is 11.1. The quantitative estimate of drug-likeness (QED) is 0.923. The first-order chi connectivity index (χ1) is 9.38. The van der Waals surface area contributed by atoms with Gasteiger partial charge in [-0.1, -0.05) is 24.3 Å². The molecular weight excluding hydrogens is 254 g/mol. The Hall–Kier alpha value is -1.16. The summed E-state index contributed by atoms with van der Waals surface area (Å²) in [6.07, 6.45) is 2.20. The Bertz CT molecular complexity index is 523. The van der Waals surface area contributed by atoms with Gasteiger partial charge in [-0.2, -0.15) is 11.3 Å². The molecule has 1 aromatic heterocycles. The van der Waals surface area contributed by atoms with Crippen LogP contribution < -0.4 is 5.32 Å². The van der Waals surface area contributed by atoms with E-state index in [0.717, 1.165) is 19.4 Å². The Morgan fingerprint density at radius 2 is 2.26 bits per heavy atom. The summed E-state index contributed by atoms with van der Waals surface area (Å²) in [5.74, 6) is 0. The maximum absolute atomic E-state index is 6.05. The van der Waals surface area contributed by atoms with Crippen LogP contribution in [-0.4, -0.2) is 19.7 Å². The number of fused-ring (bicyclic) bond motifs is 1. The Morgan fingerprint density at radius 3 is 3.05 bits per heavy atom. The van der Waals surface area contributed by atoms with Crippen molar-refractivity contribution in [2.75, 3.05) is 13.7 Å². The molecule has 0 spiro atoms. The highest BCUT2D eigenvalue weighted by Gasteiger charge is 2.27. The molecule has 3 heteroatoms. The Morgan fingerprint density at radius 1 is 1.37 bits per heavy atom. The highest BCUT2D eigenvalue weighted by atomic mass is 32.1. The fourth-order valence-corrected chi connectivity index (χ4v) is 3.46. The maximum atomic E-state index is 6.05. The van der Waals surface area contributed by atoms with Crippen LogP contribution in [-0.2, 0) is 17.6 Å². The molecule has 2 atom stereocenters. The normalized spacial score (nSPS) is 19.9. The van der Waals surface area contributed by atoms with Gasteiger partial charge in [0, 0.05) is 6.04 Å². The van der Waals surface area contributed by atoms with Gasteiger partial charge in [-0.25, -0.2) is 0 Å². The second kappa shape index (κ2) is 5.87. The molecule has 0 fully saturated rings. The van der Waals surface area contributed by atoms with Crippen LogP contribution in [0.3, 0.4) is 0 Å². The van der Waals surface area contributed by atoms with Gasteiger partial charge < -0.3 is 10.1 Å². The van der Waals surface area contributed by atoms with Gasteiger partial charge >= 0.3 is 0 Å². The predicted octanol–water partition coefficient (Wildman–Crippen LogP) is 3.19. The van der Waals surface area contributed by atoms with Crippen molar-refractivity contribution in [2.45, 2.75) is 25.0 Å². The van der Waals surface area contributed by atoms with Crippen molar-refractivity contribution in [3.8, 4) is 0 Å². The molecule has 0 saturated heterocycles. The van der Waals surface area contributed by atoms with E-state index >= 15 is 0 Å². The van der Waals surface area contributed by atoms with Crippen molar-refractivity contribution in [2.24, 2.45) is 0 Å². The molecule has 0 saturated carbocycles. The summed E-state index contributed by atoms with van der Waals surface area (Å²) in [7, 11) is 2.03. The summed E-state index contributed by atoms with van der Waals surface area (Å²) >= 11 is 1.76. The average Bonchev–Trinajstić information content (AvgIpc) is 2.97. The first-order valence-electron chi connectivity index (χ1n) is 6.76. The summed E-state index contributed by atoms with van der Waals surface area (Å²) < 4.78 is 6.05. The lowest BCUT2D eigenvalue weighted by Crippen LogP contribution is -2.37. The van der Waals surface area contributed by atoms with Crippen LogP contribution in [0.4, 0.5) is 0 Å². The van der Waals surface area contributed by atoms with Gasteiger partial charge in [-0.15, -0.1) is 0 Å². The second-order valence-corrected chi connectivity index (χ2v) is 5.75. The van der Waals surface area contributed by atoms with Gasteiger partial charge in [-0.3, -0.25) is 0 Å². The number of hydrogen-bond acceptors (Lipinski definition) is 3. The van der Waals surface area contributed by atoms with E-state index in [1.165, 1.54) is 16.7 Å². The van der Waals surface area contributed by atoms with Crippen LogP contribution in [0.5, 0.6) is 0 Å². The third kappa shape index (κ3) is 2.73. The topological polar surface area (TPSA) is 21.3 Å². The van der Waals surface area contributed by atoms with Gasteiger partial charge in [-0.05, 0) is 53.4 Å². The molecule has 100 valence electrons. The molecule has 2 unspecified atom stereocenters. The van der Waals surface area contributed by atoms with Crippen molar-refractivity contribution in [1.82, 2.24) is 5.32 Å². The van der Waals surface area contributed by atoms with Gasteiger partial charge in [0.2, 0.25) is 0 Å². The maximum Gasteiger partial charge on any atom is 0.0983 e. The average molecular weight is 273 g/mol. The first-order valence-corrected chi connectivity index (χ1v) is 7.70. The van der Waals surface area contributed by atoms with Gasteiger partial charge in [0.15, 0.2) is 0 Å². The first kappa shape index (κ1) is 12.9. The standard InChI is InChI=1S/C16H19NOS/c1-17-15(10-12-7-9-19-11-12)16-14-5-3-2-4-13(14)6-8-18-16/h2-5,7,9,11,15-17H,6,8,10H2,1H3. The fraction of sp³-hybridized carbons (Fsp3) is 0.375. The molecular formula is C16H19NOS. The summed E-state index contributed by atoms with van der Waals surface area (Å²) in [5.41, 5.74) is 4.17. The van der Waals surface area contributed by atoms with E-state index in [4.69, 9.17) is 4.74 Å². The smallest absolute Gasteiger partial charge is 0.0983 e. The minimum atomic E-state index is 0.162. The molecule has 0 aliphatic carbocycles. The number of rotatable bonds is 4. The van der Waals surface area contributed by atoms with Crippen molar-refractivity contribution in [3.63, 3.8) is 0 Å². The van der Waals surface area contributed by atoms with Crippen molar-refractivity contribution in [1.29, 1.82) is 0 Å². The van der Waals surface area contributed by atoms with E-state index in [0.29, 0.717) is 6.04 Å². The van der Waals surface area contributed by atoms with Crippen LogP contribution >= 0.6 is 11.3 Å². The fourth-order valence-electron chi connectivity index (χ4n) is 2.78. The highest BCUT2D eigenvalue weighted by Crippen LogP contribution is 2.31. The molecule has 0 amide bonds. The number of thiophene rings is 1. The molecule has 1 aromatic carbocycles. The Balaban J connectivity index is 1.84. The molecule has 1 aliphatic heterocycles. The molecule has 2 nitrogen and oxygen atoms in total. The van der Waals surface area contributed by atoms with Crippen molar-refractivity contribution >= 4 is 11.3 Å². The Kier molecular flexibility index (Phi) is 3.97. The zero-order valence-corrected chi connectivity index (χ0v) is 12.0. The summed E-state index contributed by atoms with van der Waals surface area (Å²) in [5, 5.41) is 7.79. The molecule has 2 heterocycles. The van der Waals surface area contributed by atoms with Crippen molar-refractivity contribution < 1.29 is 4.74 Å². The summed E-state index contributed by atoms with van der Waals surface area (Å²) in [6, 6.07) is 11.2. The largest absolute Gasteiger partial charge is 0.372 e. The van der Waals surface area contributed by atoms with Crippen LogP contribution in [0.1, 0.15) is 22.8 Å². The third-order valence-corrected chi connectivity index (χ3v) is 4.53. The monoisotopic (exact) mass is 273 g/mol. The third-order valence-electron chi connectivity index (χ3n) is 3.80. The number of benzene rings is 1. The van der Waals surface area contributed by atoms with Crippen molar-refractivity contribution in [3.05, 3.63) is 57.8 Å². The Labute approximate surface area is 118 Å². The minimum absolute atomic E-state index is 0.162. The molecule has 0 bridgehead atoms. The molecule has 1 aliphatic rings. The minimum Gasteiger partial charge on any atom is -0.372 e. The molecule has 3 rings (SSSR count).